The lowest BCUT2D eigenvalue weighted by Gasteiger charge is -2.12. The summed E-state index contributed by atoms with van der Waals surface area (Å²) >= 11 is 0. The molecule has 7 heteroatoms. The summed E-state index contributed by atoms with van der Waals surface area (Å²) in [6.07, 6.45) is 1.61. The van der Waals surface area contributed by atoms with E-state index >= 15 is 0 Å². The molecule has 0 amide bonds. The van der Waals surface area contributed by atoms with Gasteiger partial charge in [0.05, 0.1) is 5.52 Å². The summed E-state index contributed by atoms with van der Waals surface area (Å²) in [6, 6.07) is 18.6. The fourth-order valence-electron chi connectivity index (χ4n) is 3.95. The number of unbranched alkanes of at least 4 members (excludes halogenated alkanes) is 1. The van der Waals surface area contributed by atoms with Crippen LogP contribution in [0.3, 0.4) is 0 Å². The summed E-state index contributed by atoms with van der Waals surface area (Å²) in [6.45, 7) is 4.74. The van der Waals surface area contributed by atoms with Crippen molar-refractivity contribution in [3.63, 3.8) is 0 Å². The van der Waals surface area contributed by atoms with Gasteiger partial charge in [0, 0.05) is 18.5 Å². The minimum absolute atomic E-state index is 0. The lowest BCUT2D eigenvalue weighted by molar-refractivity contribution is 0.144. The number of imidazole rings is 1. The molecule has 4 rings (SSSR count). The molecule has 7 nitrogen and oxygen atoms in total. The number of carboxylic acid groups (broad SMARTS) is 1. The lowest BCUT2D eigenvalue weighted by atomic mass is 10.0. The molecule has 1 heterocycles. The van der Waals surface area contributed by atoms with Gasteiger partial charge in [-0.2, -0.15) is 0 Å². The van der Waals surface area contributed by atoms with Crippen molar-refractivity contribution >= 4 is 17.2 Å². The molecule has 1 aromatic heterocycles. The maximum atomic E-state index is 11.0. The van der Waals surface area contributed by atoms with E-state index in [1.165, 1.54) is 0 Å². The van der Waals surface area contributed by atoms with Crippen molar-refractivity contribution in [3.05, 3.63) is 77.6 Å². The van der Waals surface area contributed by atoms with Crippen molar-refractivity contribution in [2.75, 3.05) is 0 Å². The zero-order valence-corrected chi connectivity index (χ0v) is 18.7. The van der Waals surface area contributed by atoms with E-state index in [0.717, 1.165) is 52.8 Å². The summed E-state index contributed by atoms with van der Waals surface area (Å²) in [5.74, 6) is 1.50. The van der Waals surface area contributed by atoms with Gasteiger partial charge in [0.1, 0.15) is 22.8 Å². The topological polar surface area (TPSA) is 116 Å². The van der Waals surface area contributed by atoms with Gasteiger partial charge in [-0.15, -0.1) is 0 Å². The van der Waals surface area contributed by atoms with Gasteiger partial charge < -0.3 is 25.0 Å². The van der Waals surface area contributed by atoms with Gasteiger partial charge in [0.2, 0.25) is 0 Å². The molecule has 0 unspecified atom stereocenters. The Balaban J connectivity index is 0.00000306. The molecular formula is C26H28N2O5. The van der Waals surface area contributed by atoms with Crippen LogP contribution in [0.1, 0.15) is 36.7 Å². The normalized spacial score (nSPS) is 10.7. The molecule has 0 saturated heterocycles. The van der Waals surface area contributed by atoms with Crippen molar-refractivity contribution in [1.82, 2.24) is 9.55 Å². The zero-order chi connectivity index (χ0) is 22.7. The number of para-hydroxylation sites is 1. The van der Waals surface area contributed by atoms with Crippen molar-refractivity contribution in [3.8, 4) is 22.6 Å². The number of carbonyl (C=O) groups is 1. The summed E-state index contributed by atoms with van der Waals surface area (Å²) in [5.41, 5.74) is 5.29. The van der Waals surface area contributed by atoms with Crippen molar-refractivity contribution in [1.29, 1.82) is 0 Å². The Hall–Kier alpha value is -3.84. The van der Waals surface area contributed by atoms with E-state index < -0.39 is 6.16 Å². The number of fused-ring (bicyclic) bond motifs is 1. The van der Waals surface area contributed by atoms with Crippen molar-refractivity contribution < 1.29 is 25.2 Å². The number of phenols is 1. The molecule has 3 aromatic carbocycles. The molecule has 0 aliphatic carbocycles. The number of ether oxygens (including phenoxy) is 1. The van der Waals surface area contributed by atoms with E-state index in [4.69, 9.17) is 14.8 Å². The monoisotopic (exact) mass is 448 g/mol. The van der Waals surface area contributed by atoms with Gasteiger partial charge in [0.15, 0.2) is 0 Å². The van der Waals surface area contributed by atoms with Crippen LogP contribution in [-0.4, -0.2) is 31.4 Å². The maximum Gasteiger partial charge on any atom is 0.511 e. The molecule has 0 fully saturated rings. The number of phenolic OH excluding ortho intramolecular Hbond substituents is 1. The van der Waals surface area contributed by atoms with Gasteiger partial charge in [-0.3, -0.25) is 0 Å². The predicted molar refractivity (Wildman–Crippen MR) is 128 cm³/mol. The van der Waals surface area contributed by atoms with Crippen LogP contribution in [-0.2, 0) is 13.0 Å². The van der Waals surface area contributed by atoms with Crippen LogP contribution in [0.2, 0.25) is 0 Å². The number of aromatic hydroxyl groups is 1. The first-order chi connectivity index (χ1) is 15.5. The van der Waals surface area contributed by atoms with Gasteiger partial charge >= 0.3 is 6.16 Å². The second kappa shape index (κ2) is 10.2. The number of benzene rings is 3. The van der Waals surface area contributed by atoms with Crippen molar-refractivity contribution in [2.24, 2.45) is 0 Å². The highest BCUT2D eigenvalue weighted by Crippen LogP contribution is 2.32. The highest BCUT2D eigenvalue weighted by atomic mass is 16.7. The second-order valence-electron chi connectivity index (χ2n) is 7.88. The van der Waals surface area contributed by atoms with E-state index in [1.54, 1.807) is 18.2 Å². The Morgan fingerprint density at radius 1 is 1.06 bits per heavy atom. The molecule has 172 valence electrons. The Morgan fingerprint density at radius 2 is 1.79 bits per heavy atom. The number of aromatic nitrogens is 2. The summed E-state index contributed by atoms with van der Waals surface area (Å²) < 4.78 is 7.02. The van der Waals surface area contributed by atoms with E-state index in [9.17, 15) is 9.90 Å². The number of aryl methyl sites for hydroxylation is 2. The third kappa shape index (κ3) is 4.99. The highest BCUT2D eigenvalue weighted by molar-refractivity contribution is 5.85. The summed E-state index contributed by atoms with van der Waals surface area (Å²) in [4.78, 5) is 15.8. The summed E-state index contributed by atoms with van der Waals surface area (Å²) in [7, 11) is 0. The Morgan fingerprint density at radius 3 is 2.48 bits per heavy atom. The molecule has 0 atom stereocenters. The molecule has 0 aliphatic rings. The molecular weight excluding hydrogens is 420 g/mol. The number of hydrogen-bond donors (Lipinski definition) is 2. The molecule has 0 bridgehead atoms. The van der Waals surface area contributed by atoms with Gasteiger partial charge in [0.25, 0.3) is 0 Å². The van der Waals surface area contributed by atoms with Gasteiger partial charge in [-0.1, -0.05) is 61.9 Å². The molecule has 33 heavy (non-hydrogen) atoms. The number of rotatable bonds is 7. The Bertz CT molecular complexity index is 1260. The Kier molecular flexibility index (Phi) is 7.35. The molecule has 0 aliphatic heterocycles. The van der Waals surface area contributed by atoms with Crippen LogP contribution in [0.25, 0.3) is 22.2 Å². The van der Waals surface area contributed by atoms with E-state index in [2.05, 4.69) is 11.5 Å². The van der Waals surface area contributed by atoms with Gasteiger partial charge in [-0.25, -0.2) is 9.78 Å². The number of nitrogens with zero attached hydrogens (tertiary/aromatic N) is 2. The van der Waals surface area contributed by atoms with Crippen LogP contribution in [0.4, 0.5) is 4.79 Å². The quantitative estimate of drug-likeness (QED) is 0.292. The molecule has 0 spiro atoms. The first-order valence-electron chi connectivity index (χ1n) is 10.7. The fraction of sp³-hybridized carbons (Fsp3) is 0.231. The average molecular weight is 449 g/mol. The van der Waals surface area contributed by atoms with Crippen LogP contribution >= 0.6 is 0 Å². The van der Waals surface area contributed by atoms with Crippen LogP contribution in [0.5, 0.6) is 11.5 Å². The minimum Gasteiger partial charge on any atom is -0.506 e. The maximum absolute atomic E-state index is 11.0. The van der Waals surface area contributed by atoms with E-state index in [-0.39, 0.29) is 11.2 Å². The van der Waals surface area contributed by atoms with E-state index in [1.807, 2.05) is 49.4 Å². The third-order valence-corrected chi connectivity index (χ3v) is 5.60. The summed E-state index contributed by atoms with van der Waals surface area (Å²) in [5, 5.41) is 19.6. The average Bonchev–Trinajstić information content (AvgIpc) is 3.15. The van der Waals surface area contributed by atoms with Gasteiger partial charge in [-0.05, 0) is 42.2 Å². The molecule has 0 saturated carbocycles. The molecule has 4 N–H and O–H groups in total. The van der Waals surface area contributed by atoms with Crippen LogP contribution in [0, 0.1) is 6.92 Å². The van der Waals surface area contributed by atoms with Crippen molar-refractivity contribution in [2.45, 2.75) is 39.7 Å². The standard InChI is InChI=1S/C26H26N2O4.H2O/c1-3-4-9-23-27-24-17(2)10-15-21(29)25(24)28(23)16-18-11-13-19(14-12-18)20-7-5-6-8-22(20)32-26(30)31;/h5-8,10-15,29H,3-4,9,16H2,1-2H3,(H,30,31);1H2. The first kappa shape index (κ1) is 23.8. The minimum atomic E-state index is -1.34. The lowest BCUT2D eigenvalue weighted by Crippen LogP contribution is -2.06. The largest absolute Gasteiger partial charge is 0.511 e. The molecule has 4 aromatic rings. The SMILES string of the molecule is CCCCc1nc2c(C)ccc(O)c2n1Cc1ccc(-c2ccccc2OC(=O)O)cc1.O. The Labute approximate surface area is 192 Å². The van der Waals surface area contributed by atoms with E-state index in [0.29, 0.717) is 17.9 Å². The fourth-order valence-corrected chi connectivity index (χ4v) is 3.95. The van der Waals surface area contributed by atoms with Crippen LogP contribution < -0.4 is 4.74 Å². The molecule has 0 radical (unpaired) electrons. The number of hydrogen-bond acceptors (Lipinski definition) is 4. The second-order valence-corrected chi connectivity index (χ2v) is 7.88. The van der Waals surface area contributed by atoms with Crippen LogP contribution in [0.15, 0.2) is 60.7 Å². The smallest absolute Gasteiger partial charge is 0.506 e. The highest BCUT2D eigenvalue weighted by Gasteiger charge is 2.16. The first-order valence-corrected chi connectivity index (χ1v) is 10.7. The third-order valence-electron chi connectivity index (χ3n) is 5.60. The zero-order valence-electron chi connectivity index (χ0n) is 18.7. The predicted octanol–water partition coefficient (Wildman–Crippen LogP) is 5.34.